The molecule has 0 aliphatic carbocycles. The van der Waals surface area contributed by atoms with E-state index in [1.807, 2.05) is 0 Å². The third kappa shape index (κ3) is 4.82. The normalized spacial score (nSPS) is 22.8. The van der Waals surface area contributed by atoms with Gasteiger partial charge in [0, 0.05) is 12.1 Å². The topological polar surface area (TPSA) is 15.3 Å². The van der Waals surface area contributed by atoms with Gasteiger partial charge >= 0.3 is 0 Å². The lowest BCUT2D eigenvalue weighted by molar-refractivity contribution is 0.237. The standard InChI is InChI=1S/C19H32N2/c1-5-21-14-9-12-17(13-15-21)20-18(19(2,3)4)16-10-7-6-8-11-16/h6-8,10-11,17-18,20H,5,9,12-15H2,1-4H3. The van der Waals surface area contributed by atoms with Gasteiger partial charge in [0.25, 0.3) is 0 Å². The summed E-state index contributed by atoms with van der Waals surface area (Å²) in [5.74, 6) is 0. The van der Waals surface area contributed by atoms with Gasteiger partial charge < -0.3 is 10.2 Å². The molecule has 0 radical (unpaired) electrons. The van der Waals surface area contributed by atoms with Gasteiger partial charge in [-0.2, -0.15) is 0 Å². The highest BCUT2D eigenvalue weighted by Gasteiger charge is 2.28. The van der Waals surface area contributed by atoms with Gasteiger partial charge in [0.05, 0.1) is 0 Å². The lowest BCUT2D eigenvalue weighted by Gasteiger charge is -2.35. The molecule has 0 amide bonds. The molecule has 0 spiro atoms. The van der Waals surface area contributed by atoms with Crippen LogP contribution in [0.15, 0.2) is 30.3 Å². The molecule has 1 aliphatic rings. The van der Waals surface area contributed by atoms with Crippen molar-refractivity contribution >= 4 is 0 Å². The van der Waals surface area contributed by atoms with E-state index >= 15 is 0 Å². The highest BCUT2D eigenvalue weighted by Crippen LogP contribution is 2.33. The van der Waals surface area contributed by atoms with Gasteiger partial charge in [-0.1, -0.05) is 58.0 Å². The van der Waals surface area contributed by atoms with Crippen molar-refractivity contribution < 1.29 is 0 Å². The van der Waals surface area contributed by atoms with Crippen LogP contribution in [0.2, 0.25) is 0 Å². The molecule has 1 heterocycles. The summed E-state index contributed by atoms with van der Waals surface area (Å²) in [6, 6.07) is 12.0. The highest BCUT2D eigenvalue weighted by atomic mass is 15.1. The summed E-state index contributed by atoms with van der Waals surface area (Å²) in [5, 5.41) is 3.97. The molecule has 1 aromatic rings. The number of hydrogen-bond donors (Lipinski definition) is 1. The van der Waals surface area contributed by atoms with Gasteiger partial charge in [-0.25, -0.2) is 0 Å². The second kappa shape index (κ2) is 7.42. The fraction of sp³-hybridized carbons (Fsp3) is 0.684. The Balaban J connectivity index is 2.06. The Bertz CT molecular complexity index is 407. The summed E-state index contributed by atoms with van der Waals surface area (Å²) < 4.78 is 0. The summed E-state index contributed by atoms with van der Waals surface area (Å²) >= 11 is 0. The summed E-state index contributed by atoms with van der Waals surface area (Å²) in [5.41, 5.74) is 1.65. The molecule has 0 saturated carbocycles. The van der Waals surface area contributed by atoms with Crippen LogP contribution in [0.5, 0.6) is 0 Å². The van der Waals surface area contributed by atoms with E-state index in [0.717, 1.165) is 0 Å². The summed E-state index contributed by atoms with van der Waals surface area (Å²) in [7, 11) is 0. The minimum atomic E-state index is 0.234. The Kier molecular flexibility index (Phi) is 5.83. The maximum absolute atomic E-state index is 3.97. The maximum atomic E-state index is 3.97. The Morgan fingerprint density at radius 1 is 1.14 bits per heavy atom. The van der Waals surface area contributed by atoms with Gasteiger partial charge in [0.2, 0.25) is 0 Å². The predicted molar refractivity (Wildman–Crippen MR) is 91.5 cm³/mol. The number of nitrogens with one attached hydrogen (secondary N) is 1. The fourth-order valence-corrected chi connectivity index (χ4v) is 3.37. The second-order valence-corrected chi connectivity index (χ2v) is 7.44. The first-order valence-electron chi connectivity index (χ1n) is 8.54. The first kappa shape index (κ1) is 16.5. The molecule has 2 nitrogen and oxygen atoms in total. The largest absolute Gasteiger partial charge is 0.307 e. The van der Waals surface area contributed by atoms with Crippen LogP contribution in [0.3, 0.4) is 0 Å². The minimum absolute atomic E-state index is 0.234. The molecule has 118 valence electrons. The van der Waals surface area contributed by atoms with E-state index in [0.29, 0.717) is 12.1 Å². The SMILES string of the molecule is CCN1CCCC(NC(c2ccccc2)C(C)(C)C)CC1. The number of rotatable bonds is 4. The van der Waals surface area contributed by atoms with Crippen molar-refractivity contribution in [1.29, 1.82) is 0 Å². The van der Waals surface area contributed by atoms with Gasteiger partial charge in [-0.15, -0.1) is 0 Å². The number of nitrogens with zero attached hydrogens (tertiary/aromatic N) is 1. The Morgan fingerprint density at radius 2 is 1.86 bits per heavy atom. The van der Waals surface area contributed by atoms with E-state index in [9.17, 15) is 0 Å². The number of hydrogen-bond acceptors (Lipinski definition) is 2. The quantitative estimate of drug-likeness (QED) is 0.891. The maximum Gasteiger partial charge on any atom is 0.0371 e. The van der Waals surface area contributed by atoms with E-state index in [-0.39, 0.29) is 5.41 Å². The van der Waals surface area contributed by atoms with E-state index in [2.05, 4.69) is 68.2 Å². The molecular weight excluding hydrogens is 256 g/mol. The molecule has 1 aliphatic heterocycles. The average molecular weight is 288 g/mol. The Labute approximate surface area is 130 Å². The lowest BCUT2D eigenvalue weighted by atomic mass is 9.81. The fourth-order valence-electron chi connectivity index (χ4n) is 3.37. The summed E-state index contributed by atoms with van der Waals surface area (Å²) in [6.07, 6.45) is 3.89. The van der Waals surface area contributed by atoms with Crippen LogP contribution >= 0.6 is 0 Å². The third-order valence-electron chi connectivity index (χ3n) is 4.67. The molecule has 1 saturated heterocycles. The minimum Gasteiger partial charge on any atom is -0.307 e. The smallest absolute Gasteiger partial charge is 0.0371 e. The molecule has 2 rings (SSSR count). The zero-order valence-corrected chi connectivity index (χ0v) is 14.2. The molecule has 1 N–H and O–H groups in total. The van der Waals surface area contributed by atoms with Gasteiger partial charge in [0.1, 0.15) is 0 Å². The van der Waals surface area contributed by atoms with Gasteiger partial charge in [-0.3, -0.25) is 0 Å². The summed E-state index contributed by atoms with van der Waals surface area (Å²) in [4.78, 5) is 2.58. The molecule has 2 unspecified atom stereocenters. The Hall–Kier alpha value is -0.860. The van der Waals surface area contributed by atoms with Crippen molar-refractivity contribution in [2.45, 2.75) is 59.0 Å². The predicted octanol–water partition coefficient (Wildman–Crippen LogP) is 4.24. The molecule has 2 heteroatoms. The van der Waals surface area contributed by atoms with E-state index < -0.39 is 0 Å². The highest BCUT2D eigenvalue weighted by molar-refractivity contribution is 5.21. The first-order chi connectivity index (χ1) is 10.0. The molecule has 21 heavy (non-hydrogen) atoms. The molecule has 0 aromatic heterocycles. The molecule has 0 bridgehead atoms. The van der Waals surface area contributed by atoms with Crippen molar-refractivity contribution in [2.24, 2.45) is 5.41 Å². The van der Waals surface area contributed by atoms with E-state index in [1.165, 1.54) is 44.5 Å². The number of benzene rings is 1. The van der Waals surface area contributed by atoms with Gasteiger partial charge in [-0.05, 0) is 49.9 Å². The van der Waals surface area contributed by atoms with Crippen molar-refractivity contribution in [3.05, 3.63) is 35.9 Å². The lowest BCUT2D eigenvalue weighted by Crippen LogP contribution is -2.40. The van der Waals surface area contributed by atoms with E-state index in [1.54, 1.807) is 0 Å². The van der Waals surface area contributed by atoms with Crippen LogP contribution in [0.4, 0.5) is 0 Å². The van der Waals surface area contributed by atoms with E-state index in [4.69, 9.17) is 0 Å². The van der Waals surface area contributed by atoms with Crippen molar-refractivity contribution in [1.82, 2.24) is 10.2 Å². The van der Waals surface area contributed by atoms with Crippen LogP contribution in [0.25, 0.3) is 0 Å². The second-order valence-electron chi connectivity index (χ2n) is 7.44. The van der Waals surface area contributed by atoms with Crippen molar-refractivity contribution in [2.75, 3.05) is 19.6 Å². The van der Waals surface area contributed by atoms with Gasteiger partial charge in [0.15, 0.2) is 0 Å². The van der Waals surface area contributed by atoms with Crippen LogP contribution in [0, 0.1) is 5.41 Å². The van der Waals surface area contributed by atoms with Crippen molar-refractivity contribution in [3.63, 3.8) is 0 Å². The van der Waals surface area contributed by atoms with Crippen LogP contribution in [-0.4, -0.2) is 30.6 Å². The zero-order chi connectivity index (χ0) is 15.3. The number of likely N-dealkylation sites (tertiary alicyclic amines) is 1. The molecule has 1 fully saturated rings. The monoisotopic (exact) mass is 288 g/mol. The van der Waals surface area contributed by atoms with Crippen LogP contribution in [0.1, 0.15) is 58.6 Å². The summed E-state index contributed by atoms with van der Waals surface area (Å²) in [6.45, 7) is 13.0. The van der Waals surface area contributed by atoms with Crippen LogP contribution < -0.4 is 5.32 Å². The molecular formula is C19H32N2. The first-order valence-corrected chi connectivity index (χ1v) is 8.54. The van der Waals surface area contributed by atoms with Crippen LogP contribution in [-0.2, 0) is 0 Å². The van der Waals surface area contributed by atoms with Crippen molar-refractivity contribution in [3.8, 4) is 0 Å². The zero-order valence-electron chi connectivity index (χ0n) is 14.2. The molecule has 2 atom stereocenters. The Morgan fingerprint density at radius 3 is 2.48 bits per heavy atom. The average Bonchev–Trinajstić information content (AvgIpc) is 2.69. The molecule has 1 aromatic carbocycles. The third-order valence-corrected chi connectivity index (χ3v) is 4.67.